The third-order valence-electron chi connectivity index (χ3n) is 5.15. The molecule has 0 fully saturated rings. The first-order valence-electron chi connectivity index (χ1n) is 9.58. The molecule has 3 aromatic rings. The SMILES string of the molecule is COc1ccc(CN2CCc3c(COCc4ccncc4)cncc3C2)cc1. The van der Waals surface area contributed by atoms with Crippen LogP contribution in [0.5, 0.6) is 5.75 Å². The monoisotopic (exact) mass is 375 g/mol. The molecule has 0 amide bonds. The Morgan fingerprint density at radius 1 is 0.929 bits per heavy atom. The van der Waals surface area contributed by atoms with Gasteiger partial charge in [-0.2, -0.15) is 0 Å². The van der Waals surface area contributed by atoms with Crippen LogP contribution in [0.25, 0.3) is 0 Å². The lowest BCUT2D eigenvalue weighted by atomic mass is 9.97. The highest BCUT2D eigenvalue weighted by atomic mass is 16.5. The predicted octanol–water partition coefficient (Wildman–Crippen LogP) is 3.76. The zero-order chi connectivity index (χ0) is 19.2. The summed E-state index contributed by atoms with van der Waals surface area (Å²) in [6, 6.07) is 12.3. The van der Waals surface area contributed by atoms with E-state index in [9.17, 15) is 0 Å². The van der Waals surface area contributed by atoms with Crippen molar-refractivity contribution in [2.75, 3.05) is 13.7 Å². The molecule has 0 N–H and O–H groups in total. The van der Waals surface area contributed by atoms with E-state index in [-0.39, 0.29) is 0 Å². The largest absolute Gasteiger partial charge is 0.497 e. The summed E-state index contributed by atoms with van der Waals surface area (Å²) >= 11 is 0. The maximum atomic E-state index is 5.92. The lowest BCUT2D eigenvalue weighted by Crippen LogP contribution is -2.31. The molecule has 2 aromatic heterocycles. The average molecular weight is 375 g/mol. The van der Waals surface area contributed by atoms with Crippen molar-refractivity contribution < 1.29 is 9.47 Å². The van der Waals surface area contributed by atoms with E-state index in [2.05, 4.69) is 27.0 Å². The second-order valence-electron chi connectivity index (χ2n) is 7.09. The molecule has 1 aromatic carbocycles. The van der Waals surface area contributed by atoms with Gasteiger partial charge in [-0.1, -0.05) is 12.1 Å². The van der Waals surface area contributed by atoms with Crippen LogP contribution < -0.4 is 4.74 Å². The number of ether oxygens (including phenoxy) is 2. The van der Waals surface area contributed by atoms with Gasteiger partial charge >= 0.3 is 0 Å². The highest BCUT2D eigenvalue weighted by molar-refractivity contribution is 5.34. The zero-order valence-corrected chi connectivity index (χ0v) is 16.2. The number of rotatable bonds is 7. The zero-order valence-electron chi connectivity index (χ0n) is 16.2. The van der Waals surface area contributed by atoms with Gasteiger partial charge in [-0.15, -0.1) is 0 Å². The fourth-order valence-corrected chi connectivity index (χ4v) is 3.63. The Morgan fingerprint density at radius 2 is 1.75 bits per heavy atom. The molecular formula is C23H25N3O2. The Bertz CT molecular complexity index is 897. The molecule has 0 saturated carbocycles. The summed E-state index contributed by atoms with van der Waals surface area (Å²) in [5, 5.41) is 0. The van der Waals surface area contributed by atoms with Gasteiger partial charge in [0.1, 0.15) is 5.75 Å². The lowest BCUT2D eigenvalue weighted by Gasteiger charge is -2.29. The minimum absolute atomic E-state index is 0.593. The summed E-state index contributed by atoms with van der Waals surface area (Å²) in [6.45, 7) is 4.09. The summed E-state index contributed by atoms with van der Waals surface area (Å²) in [5.41, 5.74) is 6.35. The van der Waals surface area contributed by atoms with Gasteiger partial charge in [0, 0.05) is 44.4 Å². The van der Waals surface area contributed by atoms with Crippen LogP contribution in [0.4, 0.5) is 0 Å². The standard InChI is InChI=1S/C23H25N3O2/c1-27-22-4-2-18(3-5-22)14-26-11-8-23-20(15-26)12-25-13-21(23)17-28-16-19-6-9-24-10-7-19/h2-7,9-10,12-13H,8,11,14-17H2,1H3. The Labute approximate surface area is 166 Å². The molecule has 0 spiro atoms. The summed E-state index contributed by atoms with van der Waals surface area (Å²) in [6.07, 6.45) is 8.57. The fraction of sp³-hybridized carbons (Fsp3) is 0.304. The maximum Gasteiger partial charge on any atom is 0.118 e. The first kappa shape index (κ1) is 18.6. The number of pyridine rings is 2. The second kappa shape index (κ2) is 8.95. The molecule has 0 aliphatic carbocycles. The average Bonchev–Trinajstić information content (AvgIpc) is 2.75. The van der Waals surface area contributed by atoms with Crippen LogP contribution in [-0.2, 0) is 37.5 Å². The van der Waals surface area contributed by atoms with Gasteiger partial charge in [0.15, 0.2) is 0 Å². The number of benzene rings is 1. The van der Waals surface area contributed by atoms with Gasteiger partial charge in [-0.3, -0.25) is 14.9 Å². The number of hydrogen-bond acceptors (Lipinski definition) is 5. The van der Waals surface area contributed by atoms with Crippen molar-refractivity contribution in [3.63, 3.8) is 0 Å². The summed E-state index contributed by atoms with van der Waals surface area (Å²) in [4.78, 5) is 11.0. The molecule has 144 valence electrons. The van der Waals surface area contributed by atoms with E-state index in [1.165, 1.54) is 22.3 Å². The van der Waals surface area contributed by atoms with Crippen LogP contribution in [0.15, 0.2) is 61.2 Å². The maximum absolute atomic E-state index is 5.92. The van der Waals surface area contributed by atoms with Crippen molar-refractivity contribution in [3.05, 3.63) is 89.0 Å². The topological polar surface area (TPSA) is 47.5 Å². The van der Waals surface area contributed by atoms with Crippen molar-refractivity contribution in [2.24, 2.45) is 0 Å². The van der Waals surface area contributed by atoms with E-state index in [0.717, 1.165) is 37.4 Å². The molecule has 0 saturated heterocycles. The number of methoxy groups -OCH3 is 1. The Balaban J connectivity index is 1.37. The molecule has 1 aliphatic rings. The van der Waals surface area contributed by atoms with Crippen LogP contribution in [0.3, 0.4) is 0 Å². The minimum atomic E-state index is 0.593. The molecule has 3 heterocycles. The van der Waals surface area contributed by atoms with Gasteiger partial charge < -0.3 is 9.47 Å². The van der Waals surface area contributed by atoms with Crippen LogP contribution >= 0.6 is 0 Å². The number of aromatic nitrogens is 2. The Kier molecular flexibility index (Phi) is 5.95. The van der Waals surface area contributed by atoms with Crippen molar-refractivity contribution in [3.8, 4) is 5.75 Å². The number of fused-ring (bicyclic) bond motifs is 1. The van der Waals surface area contributed by atoms with E-state index >= 15 is 0 Å². The van der Waals surface area contributed by atoms with Crippen molar-refractivity contribution in [1.29, 1.82) is 0 Å². The number of nitrogens with zero attached hydrogens (tertiary/aromatic N) is 3. The van der Waals surface area contributed by atoms with Crippen molar-refractivity contribution in [1.82, 2.24) is 14.9 Å². The van der Waals surface area contributed by atoms with E-state index in [1.807, 2.05) is 36.7 Å². The molecule has 4 rings (SSSR count). The van der Waals surface area contributed by atoms with Crippen LogP contribution in [-0.4, -0.2) is 28.5 Å². The smallest absolute Gasteiger partial charge is 0.118 e. The second-order valence-corrected chi connectivity index (χ2v) is 7.09. The third-order valence-corrected chi connectivity index (χ3v) is 5.15. The Morgan fingerprint density at radius 3 is 2.54 bits per heavy atom. The van der Waals surface area contributed by atoms with Gasteiger partial charge in [0.05, 0.1) is 20.3 Å². The molecule has 28 heavy (non-hydrogen) atoms. The third kappa shape index (κ3) is 4.55. The normalized spacial score (nSPS) is 13.9. The highest BCUT2D eigenvalue weighted by Crippen LogP contribution is 2.24. The quantitative estimate of drug-likeness (QED) is 0.629. The molecule has 0 atom stereocenters. The number of hydrogen-bond donors (Lipinski definition) is 0. The molecule has 0 bridgehead atoms. The first-order valence-corrected chi connectivity index (χ1v) is 9.58. The van der Waals surface area contributed by atoms with E-state index in [4.69, 9.17) is 9.47 Å². The van der Waals surface area contributed by atoms with Gasteiger partial charge in [-0.05, 0) is 58.5 Å². The summed E-state index contributed by atoms with van der Waals surface area (Å²) < 4.78 is 11.2. The van der Waals surface area contributed by atoms with E-state index in [0.29, 0.717) is 13.2 Å². The van der Waals surface area contributed by atoms with Crippen LogP contribution in [0.1, 0.15) is 27.8 Å². The van der Waals surface area contributed by atoms with Crippen LogP contribution in [0, 0.1) is 0 Å². The first-order chi connectivity index (χ1) is 13.8. The highest BCUT2D eigenvalue weighted by Gasteiger charge is 2.19. The lowest BCUT2D eigenvalue weighted by molar-refractivity contribution is 0.105. The van der Waals surface area contributed by atoms with Crippen LogP contribution in [0.2, 0.25) is 0 Å². The van der Waals surface area contributed by atoms with Gasteiger partial charge in [0.2, 0.25) is 0 Å². The van der Waals surface area contributed by atoms with E-state index in [1.54, 1.807) is 19.5 Å². The summed E-state index contributed by atoms with van der Waals surface area (Å²) in [5.74, 6) is 0.897. The Hall–Kier alpha value is -2.76. The van der Waals surface area contributed by atoms with Crippen molar-refractivity contribution in [2.45, 2.75) is 32.7 Å². The van der Waals surface area contributed by atoms with Gasteiger partial charge in [0.25, 0.3) is 0 Å². The fourth-order valence-electron chi connectivity index (χ4n) is 3.63. The van der Waals surface area contributed by atoms with Gasteiger partial charge in [-0.25, -0.2) is 0 Å². The molecule has 0 unspecified atom stereocenters. The van der Waals surface area contributed by atoms with E-state index < -0.39 is 0 Å². The predicted molar refractivity (Wildman–Crippen MR) is 108 cm³/mol. The van der Waals surface area contributed by atoms with Crippen molar-refractivity contribution >= 4 is 0 Å². The molecule has 1 aliphatic heterocycles. The minimum Gasteiger partial charge on any atom is -0.497 e. The molecule has 5 heteroatoms. The molecule has 5 nitrogen and oxygen atoms in total. The molecule has 0 radical (unpaired) electrons. The molecular weight excluding hydrogens is 350 g/mol. The summed E-state index contributed by atoms with van der Waals surface area (Å²) in [7, 11) is 1.70.